The molecule has 3 N–H and O–H groups in total. The summed E-state index contributed by atoms with van der Waals surface area (Å²) < 4.78 is 0. The fraction of sp³-hybridized carbons (Fsp3) is 0.471. The lowest BCUT2D eigenvalue weighted by Crippen LogP contribution is -2.50. The molecule has 7 heteroatoms. The predicted octanol–water partition coefficient (Wildman–Crippen LogP) is 0.472. The first kappa shape index (κ1) is 17.9. The van der Waals surface area contributed by atoms with E-state index in [1.807, 2.05) is 23.1 Å². The number of rotatable bonds is 7. The Morgan fingerprint density at radius 1 is 1.12 bits per heavy atom. The van der Waals surface area contributed by atoms with Crippen LogP contribution >= 0.6 is 0 Å². The van der Waals surface area contributed by atoms with Gasteiger partial charge in [-0.3, -0.25) is 19.3 Å². The lowest BCUT2D eigenvalue weighted by atomic mass is 10.0. The summed E-state index contributed by atoms with van der Waals surface area (Å²) in [5.41, 5.74) is 0.610. The molecule has 0 aliphatic carbocycles. The van der Waals surface area contributed by atoms with Crippen LogP contribution in [0.25, 0.3) is 0 Å². The Hall–Kier alpha value is -2.41. The second kappa shape index (κ2) is 9.02. The van der Waals surface area contributed by atoms with Crippen LogP contribution in [0.3, 0.4) is 0 Å². The van der Waals surface area contributed by atoms with Gasteiger partial charge in [-0.25, -0.2) is 0 Å². The Balaban J connectivity index is 1.84. The fourth-order valence-corrected chi connectivity index (χ4v) is 2.82. The molecule has 0 spiro atoms. The highest BCUT2D eigenvalue weighted by molar-refractivity contribution is 5.94. The van der Waals surface area contributed by atoms with Gasteiger partial charge in [0.15, 0.2) is 0 Å². The Morgan fingerprint density at radius 2 is 1.88 bits per heavy atom. The Morgan fingerprint density at radius 3 is 2.58 bits per heavy atom. The summed E-state index contributed by atoms with van der Waals surface area (Å²) in [6.45, 7) is 1.02. The number of likely N-dealkylation sites (tertiary alicyclic amines) is 1. The molecule has 1 atom stereocenters. The third-order valence-corrected chi connectivity index (χ3v) is 4.07. The molecule has 24 heavy (non-hydrogen) atoms. The third kappa shape index (κ3) is 5.66. The number of nitrogens with one attached hydrogen (secondary N) is 2. The van der Waals surface area contributed by atoms with Gasteiger partial charge in [-0.1, -0.05) is 24.6 Å². The molecule has 1 fully saturated rings. The number of carboxylic acids is 1. The highest BCUT2D eigenvalue weighted by Gasteiger charge is 2.24. The van der Waals surface area contributed by atoms with Crippen LogP contribution < -0.4 is 10.6 Å². The van der Waals surface area contributed by atoms with E-state index in [0.717, 1.165) is 25.8 Å². The van der Waals surface area contributed by atoms with Crippen molar-refractivity contribution in [2.24, 2.45) is 0 Å². The number of piperidine rings is 1. The van der Waals surface area contributed by atoms with Crippen molar-refractivity contribution in [1.82, 2.24) is 15.5 Å². The third-order valence-electron chi connectivity index (χ3n) is 4.07. The maximum absolute atomic E-state index is 12.1. The van der Waals surface area contributed by atoms with Crippen molar-refractivity contribution >= 4 is 17.8 Å². The van der Waals surface area contributed by atoms with Crippen molar-refractivity contribution in [1.29, 1.82) is 0 Å². The van der Waals surface area contributed by atoms with E-state index in [1.54, 1.807) is 12.1 Å². The topological polar surface area (TPSA) is 98.7 Å². The van der Waals surface area contributed by atoms with Gasteiger partial charge in [0, 0.05) is 18.2 Å². The van der Waals surface area contributed by atoms with Crippen molar-refractivity contribution in [3.8, 4) is 0 Å². The molecule has 0 radical (unpaired) electrons. The molecule has 0 saturated carbocycles. The van der Waals surface area contributed by atoms with Gasteiger partial charge in [-0.2, -0.15) is 0 Å². The Labute approximate surface area is 141 Å². The van der Waals surface area contributed by atoms with Crippen LogP contribution in [0.5, 0.6) is 0 Å². The van der Waals surface area contributed by atoms with Crippen molar-refractivity contribution in [2.45, 2.75) is 25.3 Å². The average Bonchev–Trinajstić information content (AvgIpc) is 2.59. The number of nitrogens with zero attached hydrogens (tertiary/aromatic N) is 1. The molecule has 1 unspecified atom stereocenters. The van der Waals surface area contributed by atoms with E-state index >= 15 is 0 Å². The van der Waals surface area contributed by atoms with Gasteiger partial charge >= 0.3 is 5.97 Å². The van der Waals surface area contributed by atoms with Crippen molar-refractivity contribution in [2.75, 3.05) is 26.2 Å². The van der Waals surface area contributed by atoms with Gasteiger partial charge in [-0.15, -0.1) is 0 Å². The van der Waals surface area contributed by atoms with E-state index in [4.69, 9.17) is 5.11 Å². The molecule has 2 rings (SSSR count). The summed E-state index contributed by atoms with van der Waals surface area (Å²) in [5.74, 6) is -1.50. The minimum absolute atomic E-state index is 0.0852. The summed E-state index contributed by atoms with van der Waals surface area (Å²) in [6, 6.07) is 9.08. The molecule has 130 valence electrons. The minimum Gasteiger partial charge on any atom is -0.480 e. The lowest BCUT2D eigenvalue weighted by molar-refractivity contribution is -0.138. The Kier molecular flexibility index (Phi) is 6.74. The maximum Gasteiger partial charge on any atom is 0.322 e. The summed E-state index contributed by atoms with van der Waals surface area (Å²) in [5, 5.41) is 13.9. The molecular formula is C17H23N3O4. The number of carbonyl (C=O) groups is 3. The zero-order valence-electron chi connectivity index (χ0n) is 13.5. The van der Waals surface area contributed by atoms with Crippen molar-refractivity contribution < 1.29 is 19.5 Å². The van der Waals surface area contributed by atoms with Gasteiger partial charge < -0.3 is 15.7 Å². The van der Waals surface area contributed by atoms with Crippen LogP contribution in [-0.2, 0) is 9.59 Å². The number of hydrogen-bond acceptors (Lipinski definition) is 4. The van der Waals surface area contributed by atoms with Gasteiger partial charge in [0.05, 0.1) is 6.54 Å². The van der Waals surface area contributed by atoms with Crippen molar-refractivity contribution in [3.63, 3.8) is 0 Å². The van der Waals surface area contributed by atoms with Crippen LogP contribution in [0.2, 0.25) is 0 Å². The molecule has 1 aliphatic rings. The molecule has 1 aliphatic heterocycles. The number of aliphatic carboxylic acids is 1. The highest BCUT2D eigenvalue weighted by Crippen LogP contribution is 2.16. The van der Waals surface area contributed by atoms with Crippen LogP contribution in [0.4, 0.5) is 0 Å². The zero-order valence-corrected chi connectivity index (χ0v) is 13.5. The molecule has 7 nitrogen and oxygen atoms in total. The smallest absolute Gasteiger partial charge is 0.322 e. The van der Waals surface area contributed by atoms with Crippen LogP contribution in [0, 0.1) is 0 Å². The normalized spacial score (nSPS) is 17.9. The molecule has 0 bridgehead atoms. The second-order valence-corrected chi connectivity index (χ2v) is 5.87. The first-order valence-electron chi connectivity index (χ1n) is 8.12. The quantitative estimate of drug-likeness (QED) is 0.674. The SMILES string of the molecule is O=C(O)CNC(=O)CN1CCCCC1CNC(=O)c1ccccc1. The van der Waals surface area contributed by atoms with Gasteiger partial charge in [0.1, 0.15) is 6.54 Å². The fourth-order valence-electron chi connectivity index (χ4n) is 2.82. The molecule has 1 aromatic carbocycles. The first-order valence-corrected chi connectivity index (χ1v) is 8.12. The zero-order chi connectivity index (χ0) is 17.4. The number of amides is 2. The van der Waals surface area contributed by atoms with E-state index < -0.39 is 5.97 Å². The standard InChI is InChI=1S/C17H23N3O4/c21-15(18-11-16(22)23)12-20-9-5-4-8-14(20)10-19-17(24)13-6-2-1-3-7-13/h1-3,6-7,14H,4-5,8-12H2,(H,18,21)(H,19,24)(H,22,23). The summed E-state index contributed by atoms with van der Waals surface area (Å²) in [7, 11) is 0. The molecule has 1 heterocycles. The average molecular weight is 333 g/mol. The number of carbonyl (C=O) groups excluding carboxylic acids is 2. The maximum atomic E-state index is 12.1. The number of hydrogen-bond donors (Lipinski definition) is 3. The second-order valence-electron chi connectivity index (χ2n) is 5.87. The lowest BCUT2D eigenvalue weighted by Gasteiger charge is -2.35. The monoisotopic (exact) mass is 333 g/mol. The first-order chi connectivity index (χ1) is 11.6. The van der Waals surface area contributed by atoms with Gasteiger partial charge in [0.2, 0.25) is 5.91 Å². The summed E-state index contributed by atoms with van der Waals surface area (Å²) >= 11 is 0. The Bertz CT molecular complexity index is 576. The van der Waals surface area contributed by atoms with E-state index in [2.05, 4.69) is 10.6 Å². The van der Waals surface area contributed by atoms with E-state index in [-0.39, 0.29) is 30.9 Å². The number of benzene rings is 1. The highest BCUT2D eigenvalue weighted by atomic mass is 16.4. The molecular weight excluding hydrogens is 310 g/mol. The number of carboxylic acid groups (broad SMARTS) is 1. The summed E-state index contributed by atoms with van der Waals surface area (Å²) in [4.78, 5) is 36.4. The largest absolute Gasteiger partial charge is 0.480 e. The van der Waals surface area contributed by atoms with Crippen LogP contribution in [0.1, 0.15) is 29.6 Å². The van der Waals surface area contributed by atoms with Gasteiger partial charge in [0.25, 0.3) is 5.91 Å². The molecule has 1 saturated heterocycles. The van der Waals surface area contributed by atoms with Gasteiger partial charge in [-0.05, 0) is 31.5 Å². The summed E-state index contributed by atoms with van der Waals surface area (Å²) in [6.07, 6.45) is 2.95. The van der Waals surface area contributed by atoms with E-state index in [1.165, 1.54) is 0 Å². The predicted molar refractivity (Wildman–Crippen MR) is 88.6 cm³/mol. The van der Waals surface area contributed by atoms with Crippen molar-refractivity contribution in [3.05, 3.63) is 35.9 Å². The van der Waals surface area contributed by atoms with Crippen LogP contribution in [-0.4, -0.2) is 60.0 Å². The minimum atomic E-state index is -1.06. The molecule has 0 aromatic heterocycles. The van der Waals surface area contributed by atoms with E-state index in [9.17, 15) is 14.4 Å². The molecule has 2 amide bonds. The van der Waals surface area contributed by atoms with Crippen LogP contribution in [0.15, 0.2) is 30.3 Å². The molecule has 1 aromatic rings. The van der Waals surface area contributed by atoms with E-state index in [0.29, 0.717) is 12.1 Å².